The van der Waals surface area contributed by atoms with Crippen molar-refractivity contribution in [3.05, 3.63) is 29.8 Å². The summed E-state index contributed by atoms with van der Waals surface area (Å²) < 4.78 is 5.22. The predicted molar refractivity (Wildman–Crippen MR) is 84.0 cm³/mol. The van der Waals surface area contributed by atoms with E-state index in [-0.39, 0.29) is 5.41 Å². The van der Waals surface area contributed by atoms with Crippen molar-refractivity contribution in [1.82, 2.24) is 5.06 Å². The van der Waals surface area contributed by atoms with Crippen LogP contribution in [0.3, 0.4) is 0 Å². The number of hydrogen-bond acceptors (Lipinski definition) is 3. The molecule has 1 saturated heterocycles. The molecule has 1 fully saturated rings. The fourth-order valence-electron chi connectivity index (χ4n) is 2.19. The molecule has 1 aromatic rings. The summed E-state index contributed by atoms with van der Waals surface area (Å²) in [7, 11) is 0. The highest BCUT2D eigenvalue weighted by Crippen LogP contribution is 2.25. The zero-order valence-electron chi connectivity index (χ0n) is 11.3. The number of anilines is 1. The molecule has 4 heteroatoms. The van der Waals surface area contributed by atoms with Gasteiger partial charge in [0.1, 0.15) is 23.0 Å². The van der Waals surface area contributed by atoms with Gasteiger partial charge in [-0.3, -0.25) is 0 Å². The van der Waals surface area contributed by atoms with Crippen LogP contribution in [0.5, 0.6) is 0 Å². The number of rotatable bonds is 2. The average Bonchev–Trinajstić information content (AvgIpc) is 2.38. The Labute approximate surface area is 124 Å². The van der Waals surface area contributed by atoms with Crippen LogP contribution in [0.4, 0.5) is 5.69 Å². The molecule has 3 nitrogen and oxygen atoms in total. The predicted octanol–water partition coefficient (Wildman–Crippen LogP) is 3.39. The first-order valence-electron chi connectivity index (χ1n) is 6.40. The lowest BCUT2D eigenvalue weighted by Gasteiger charge is -2.34. The van der Waals surface area contributed by atoms with Gasteiger partial charge < -0.3 is 4.90 Å². The minimum Gasteiger partial charge on any atom is -0.369 e. The van der Waals surface area contributed by atoms with Gasteiger partial charge in [0.2, 0.25) is 0 Å². The zero-order chi connectivity index (χ0) is 13.2. The molecule has 0 aliphatic carbocycles. The molecule has 0 atom stereocenters. The van der Waals surface area contributed by atoms with E-state index in [0.29, 0.717) is 0 Å². The van der Waals surface area contributed by atoms with Crippen molar-refractivity contribution in [3.63, 3.8) is 0 Å². The maximum Gasteiger partial charge on any atom is 0.137 e. The summed E-state index contributed by atoms with van der Waals surface area (Å²) in [6.07, 6.45) is 0. The summed E-state index contributed by atoms with van der Waals surface area (Å²) in [6, 6.07) is 8.97. The van der Waals surface area contributed by atoms with Crippen LogP contribution in [0.1, 0.15) is 26.3 Å². The third kappa shape index (κ3) is 3.36. The van der Waals surface area contributed by atoms with E-state index in [1.165, 1.54) is 11.3 Å². The Morgan fingerprint density at radius 2 is 1.56 bits per heavy atom. The third-order valence-corrected chi connectivity index (χ3v) is 3.99. The van der Waals surface area contributed by atoms with Gasteiger partial charge in [-0.15, -0.1) is 0 Å². The first-order valence-corrected chi connectivity index (χ1v) is 7.28. The Morgan fingerprint density at radius 1 is 1.00 bits per heavy atom. The van der Waals surface area contributed by atoms with Crippen LogP contribution < -0.4 is 4.90 Å². The number of halogens is 1. The summed E-state index contributed by atoms with van der Waals surface area (Å²) >= 11 is 1.95. The van der Waals surface area contributed by atoms with Gasteiger partial charge in [-0.1, -0.05) is 32.9 Å². The van der Waals surface area contributed by atoms with Crippen molar-refractivity contribution in [2.24, 2.45) is 0 Å². The van der Waals surface area contributed by atoms with Gasteiger partial charge in [0.15, 0.2) is 0 Å². The van der Waals surface area contributed by atoms with Gasteiger partial charge in [0, 0.05) is 31.9 Å². The van der Waals surface area contributed by atoms with Crippen molar-refractivity contribution in [1.29, 1.82) is 0 Å². The molecule has 1 aliphatic heterocycles. The second-order valence-corrected chi connectivity index (χ2v) is 6.18. The fraction of sp³-hybridized carbons (Fsp3) is 0.571. The molecule has 0 N–H and O–H groups in total. The van der Waals surface area contributed by atoms with Crippen molar-refractivity contribution in [2.45, 2.75) is 26.2 Å². The molecular formula is C14H21IN2O. The molecule has 0 spiro atoms. The van der Waals surface area contributed by atoms with Crippen LogP contribution in [0, 0.1) is 0 Å². The van der Waals surface area contributed by atoms with Gasteiger partial charge in [-0.25, -0.2) is 3.17 Å². The molecule has 0 unspecified atom stereocenters. The highest BCUT2D eigenvalue weighted by molar-refractivity contribution is 14.1. The summed E-state index contributed by atoms with van der Waals surface area (Å²) in [4.78, 5) is 2.42. The maximum absolute atomic E-state index is 5.22. The van der Waals surface area contributed by atoms with Gasteiger partial charge in [-0.2, -0.15) is 5.06 Å². The molecule has 0 aromatic heterocycles. The Hall–Kier alpha value is -0.330. The Morgan fingerprint density at radius 3 is 2.00 bits per heavy atom. The first-order chi connectivity index (χ1) is 8.50. The van der Waals surface area contributed by atoms with Crippen molar-refractivity contribution >= 4 is 28.7 Å². The molecule has 0 radical (unpaired) electrons. The molecule has 0 saturated carbocycles. The summed E-state index contributed by atoms with van der Waals surface area (Å²) in [5.74, 6) is 0. The standard InChI is InChI=1S/C14H21IN2O/c1-14(2,3)12-4-6-13(7-5-12)16-8-10-17(18-15)11-9-16/h4-7H,8-11H2,1-3H3. The van der Waals surface area contributed by atoms with E-state index in [1.807, 2.05) is 28.1 Å². The third-order valence-electron chi connectivity index (χ3n) is 3.43. The van der Waals surface area contributed by atoms with E-state index < -0.39 is 0 Å². The van der Waals surface area contributed by atoms with Crippen LogP contribution >= 0.6 is 23.0 Å². The van der Waals surface area contributed by atoms with Crippen molar-refractivity contribution < 1.29 is 3.17 Å². The van der Waals surface area contributed by atoms with E-state index in [9.17, 15) is 0 Å². The second kappa shape index (κ2) is 5.75. The smallest absolute Gasteiger partial charge is 0.137 e. The van der Waals surface area contributed by atoms with Gasteiger partial charge in [-0.05, 0) is 23.1 Å². The Bertz CT molecular complexity index is 378. The molecule has 1 aromatic carbocycles. The van der Waals surface area contributed by atoms with Gasteiger partial charge in [0.25, 0.3) is 0 Å². The van der Waals surface area contributed by atoms with E-state index in [2.05, 4.69) is 49.9 Å². The number of nitrogens with zero attached hydrogens (tertiary/aromatic N) is 2. The molecule has 18 heavy (non-hydrogen) atoms. The first kappa shape index (κ1) is 14.1. The van der Waals surface area contributed by atoms with Crippen LogP contribution in [0.2, 0.25) is 0 Å². The van der Waals surface area contributed by atoms with E-state index in [1.54, 1.807) is 0 Å². The number of hydroxylamine groups is 2. The number of hydrogen-bond donors (Lipinski definition) is 0. The molecule has 0 bridgehead atoms. The zero-order valence-corrected chi connectivity index (χ0v) is 13.5. The molecule has 100 valence electrons. The van der Waals surface area contributed by atoms with E-state index >= 15 is 0 Å². The van der Waals surface area contributed by atoms with Crippen LogP contribution in [0.15, 0.2) is 24.3 Å². The SMILES string of the molecule is CC(C)(C)c1ccc(N2CCN(OI)CC2)cc1. The minimum absolute atomic E-state index is 0.228. The minimum atomic E-state index is 0.228. The van der Waals surface area contributed by atoms with Gasteiger partial charge in [0.05, 0.1) is 0 Å². The average molecular weight is 360 g/mol. The monoisotopic (exact) mass is 360 g/mol. The van der Waals surface area contributed by atoms with Crippen molar-refractivity contribution in [2.75, 3.05) is 31.1 Å². The lowest BCUT2D eigenvalue weighted by atomic mass is 9.87. The van der Waals surface area contributed by atoms with Crippen LogP contribution in [-0.2, 0) is 8.58 Å². The van der Waals surface area contributed by atoms with E-state index in [0.717, 1.165) is 26.2 Å². The van der Waals surface area contributed by atoms with Gasteiger partial charge >= 0.3 is 0 Å². The largest absolute Gasteiger partial charge is 0.369 e. The Kier molecular flexibility index (Phi) is 4.50. The number of benzene rings is 1. The summed E-state index contributed by atoms with van der Waals surface area (Å²) in [6.45, 7) is 10.7. The lowest BCUT2D eigenvalue weighted by molar-refractivity contribution is -0.0146. The topological polar surface area (TPSA) is 15.7 Å². The molecule has 1 aliphatic rings. The fourth-order valence-corrected chi connectivity index (χ4v) is 2.58. The normalized spacial score (nSPS) is 18.1. The molecule has 0 amide bonds. The quantitative estimate of drug-likeness (QED) is 0.752. The second-order valence-electron chi connectivity index (χ2n) is 5.78. The Balaban J connectivity index is 2.02. The summed E-state index contributed by atoms with van der Waals surface area (Å²) in [5.41, 5.74) is 2.93. The molecular weight excluding hydrogens is 339 g/mol. The molecule has 2 rings (SSSR count). The van der Waals surface area contributed by atoms with Crippen molar-refractivity contribution in [3.8, 4) is 0 Å². The van der Waals surface area contributed by atoms with Crippen LogP contribution in [-0.4, -0.2) is 31.2 Å². The van der Waals surface area contributed by atoms with Crippen LogP contribution in [0.25, 0.3) is 0 Å². The number of piperazine rings is 1. The maximum atomic E-state index is 5.22. The highest BCUT2D eigenvalue weighted by Gasteiger charge is 2.18. The summed E-state index contributed by atoms with van der Waals surface area (Å²) in [5, 5.41) is 2.00. The molecule has 1 heterocycles. The van der Waals surface area contributed by atoms with E-state index in [4.69, 9.17) is 3.17 Å². The lowest BCUT2D eigenvalue weighted by Crippen LogP contribution is -2.45. The highest BCUT2D eigenvalue weighted by atomic mass is 127.